The van der Waals surface area contributed by atoms with Crippen LogP contribution in [0.4, 0.5) is 0 Å². The van der Waals surface area contributed by atoms with Gasteiger partial charge in [0.15, 0.2) is 0 Å². The average molecular weight is 161 g/mol. The van der Waals surface area contributed by atoms with Gasteiger partial charge in [0.1, 0.15) is 0 Å². The maximum Gasteiger partial charge on any atom is 2.00 e. The maximum atomic E-state index is 2.18. The van der Waals surface area contributed by atoms with E-state index in [-0.39, 0.29) is 68.2 Å². The molecule has 0 nitrogen and oxygen atoms in total. The number of halogens is 2. The standard InChI is InChI=1S/C4H10.2ClH.Li.Mg.H/c1-3-4-2;;;;;/h3-4H2,1-2H3;2*1H;;;/q;;;+1;+2;-1/p-2. The molecule has 0 aromatic carbocycles. The molecule has 4 heteroatoms. The third-order valence-electron chi connectivity index (χ3n) is 0.500. The minimum Gasteiger partial charge on any atom is -1.00 e. The third kappa shape index (κ3) is 44.2. The Hall–Kier alpha value is 1.94. The van der Waals surface area contributed by atoms with Crippen molar-refractivity contribution in [2.24, 2.45) is 0 Å². The molecule has 0 rings (SSSR count). The van der Waals surface area contributed by atoms with Gasteiger partial charge in [-0.3, -0.25) is 0 Å². The molecule has 8 heavy (non-hydrogen) atoms. The zero-order valence-electron chi connectivity index (χ0n) is 6.88. The smallest absolute Gasteiger partial charge is 1.00 e. The number of rotatable bonds is 1. The Labute approximate surface area is 94.2 Å². The van der Waals surface area contributed by atoms with Crippen LogP contribution in [0.1, 0.15) is 28.1 Å². The van der Waals surface area contributed by atoms with Gasteiger partial charge in [0.25, 0.3) is 0 Å². The van der Waals surface area contributed by atoms with E-state index >= 15 is 0 Å². The number of unbranched alkanes of at least 4 members (excludes halogenated alkanes) is 1. The molecule has 0 saturated heterocycles. The molecular weight excluding hydrogens is 150 g/mol. The molecule has 44 valence electrons. The van der Waals surface area contributed by atoms with Crippen molar-refractivity contribution in [3.05, 3.63) is 0 Å². The SMILES string of the molecule is CCCC.[Cl-].[Cl-].[H-].[Li+].[Mg+2]. The van der Waals surface area contributed by atoms with E-state index in [0.717, 1.165) is 0 Å². The van der Waals surface area contributed by atoms with E-state index in [2.05, 4.69) is 13.8 Å². The monoisotopic (exact) mass is 160 g/mol. The molecular formula is C4H11Cl2LiMg. The molecule has 0 unspecified atom stereocenters. The largest absolute Gasteiger partial charge is 2.00 e. The Morgan fingerprint density at radius 3 is 1.12 bits per heavy atom. The van der Waals surface area contributed by atoms with E-state index in [0.29, 0.717) is 0 Å². The van der Waals surface area contributed by atoms with Crippen LogP contribution in [0, 0.1) is 0 Å². The van der Waals surface area contributed by atoms with Crippen LogP contribution in [-0.4, -0.2) is 23.1 Å². The Bertz CT molecular complexity index is 20.5. The molecule has 0 aliphatic heterocycles. The van der Waals surface area contributed by atoms with E-state index in [1.807, 2.05) is 0 Å². The van der Waals surface area contributed by atoms with Gasteiger partial charge >= 0.3 is 41.9 Å². The van der Waals surface area contributed by atoms with E-state index in [4.69, 9.17) is 0 Å². The molecule has 0 bridgehead atoms. The Morgan fingerprint density at radius 2 is 1.12 bits per heavy atom. The summed E-state index contributed by atoms with van der Waals surface area (Å²) in [6.45, 7) is 4.36. The predicted molar refractivity (Wildman–Crippen MR) is 27.4 cm³/mol. The summed E-state index contributed by atoms with van der Waals surface area (Å²) in [6.07, 6.45) is 2.64. The van der Waals surface area contributed by atoms with Gasteiger partial charge in [0.2, 0.25) is 0 Å². The molecule has 0 aliphatic carbocycles. The van der Waals surface area contributed by atoms with Crippen molar-refractivity contribution in [1.29, 1.82) is 0 Å². The predicted octanol–water partition coefficient (Wildman–Crippen LogP) is -7.45. The van der Waals surface area contributed by atoms with Crippen LogP contribution in [0.2, 0.25) is 0 Å². The first-order valence-electron chi connectivity index (χ1n) is 1.91. The molecule has 0 heterocycles. The second kappa shape index (κ2) is 36.3. The summed E-state index contributed by atoms with van der Waals surface area (Å²) in [7, 11) is 0. The molecule has 0 aromatic rings. The average Bonchev–Trinajstić information content (AvgIpc) is 1.37. The Balaban J connectivity index is -0.00000000450. The van der Waals surface area contributed by atoms with Gasteiger partial charge in [-0.15, -0.1) is 0 Å². The van der Waals surface area contributed by atoms with Crippen molar-refractivity contribution < 1.29 is 45.1 Å². The molecule has 0 spiro atoms. The molecule has 0 N–H and O–H groups in total. The summed E-state index contributed by atoms with van der Waals surface area (Å²) in [5, 5.41) is 0. The van der Waals surface area contributed by atoms with Gasteiger partial charge in [-0.1, -0.05) is 26.7 Å². The molecule has 0 amide bonds. The fraction of sp³-hybridized carbons (Fsp3) is 1.00. The molecule has 0 atom stereocenters. The quantitative estimate of drug-likeness (QED) is 0.335. The van der Waals surface area contributed by atoms with Crippen molar-refractivity contribution in [2.45, 2.75) is 26.7 Å². The summed E-state index contributed by atoms with van der Waals surface area (Å²) in [5.41, 5.74) is 0. The summed E-state index contributed by atoms with van der Waals surface area (Å²) in [6, 6.07) is 0. The first-order valence-corrected chi connectivity index (χ1v) is 1.91. The zero-order chi connectivity index (χ0) is 3.41. The first-order chi connectivity index (χ1) is 1.91. The van der Waals surface area contributed by atoms with Gasteiger partial charge in [-0.25, -0.2) is 0 Å². The summed E-state index contributed by atoms with van der Waals surface area (Å²) in [5.74, 6) is 0. The summed E-state index contributed by atoms with van der Waals surface area (Å²) < 4.78 is 0. The Kier molecular flexibility index (Phi) is 148. The van der Waals surface area contributed by atoms with Crippen LogP contribution in [0.25, 0.3) is 0 Å². The van der Waals surface area contributed by atoms with Crippen molar-refractivity contribution in [1.82, 2.24) is 0 Å². The van der Waals surface area contributed by atoms with Crippen LogP contribution in [0.3, 0.4) is 0 Å². The van der Waals surface area contributed by atoms with E-state index in [1.54, 1.807) is 0 Å². The second-order valence-electron chi connectivity index (χ2n) is 1.000. The van der Waals surface area contributed by atoms with Gasteiger partial charge in [-0.05, 0) is 0 Å². The zero-order valence-corrected chi connectivity index (χ0v) is 8.80. The number of hydrogen-bond acceptors (Lipinski definition) is 0. The van der Waals surface area contributed by atoms with Crippen LogP contribution in [0.5, 0.6) is 0 Å². The van der Waals surface area contributed by atoms with Crippen LogP contribution in [0.15, 0.2) is 0 Å². The van der Waals surface area contributed by atoms with E-state index in [1.165, 1.54) is 12.8 Å². The van der Waals surface area contributed by atoms with Crippen LogP contribution < -0.4 is 43.7 Å². The minimum absolute atomic E-state index is 0. The summed E-state index contributed by atoms with van der Waals surface area (Å²) >= 11 is 0. The van der Waals surface area contributed by atoms with Crippen molar-refractivity contribution in [2.75, 3.05) is 0 Å². The third-order valence-corrected chi connectivity index (χ3v) is 0.500. The molecule has 0 radical (unpaired) electrons. The van der Waals surface area contributed by atoms with Crippen LogP contribution >= 0.6 is 0 Å². The molecule has 0 aromatic heterocycles. The topological polar surface area (TPSA) is 0 Å². The maximum absolute atomic E-state index is 2.18. The molecule has 0 fully saturated rings. The van der Waals surface area contributed by atoms with Gasteiger partial charge in [0.05, 0.1) is 0 Å². The molecule has 0 aliphatic rings. The van der Waals surface area contributed by atoms with Gasteiger partial charge < -0.3 is 26.2 Å². The van der Waals surface area contributed by atoms with Crippen molar-refractivity contribution in [3.8, 4) is 0 Å². The van der Waals surface area contributed by atoms with Gasteiger partial charge in [-0.2, -0.15) is 0 Å². The van der Waals surface area contributed by atoms with Crippen molar-refractivity contribution >= 4 is 23.1 Å². The van der Waals surface area contributed by atoms with E-state index < -0.39 is 0 Å². The minimum atomic E-state index is 0. The summed E-state index contributed by atoms with van der Waals surface area (Å²) in [4.78, 5) is 0. The fourth-order valence-electron chi connectivity index (χ4n) is 0. The van der Waals surface area contributed by atoms with E-state index in [9.17, 15) is 0 Å². The van der Waals surface area contributed by atoms with Crippen LogP contribution in [-0.2, 0) is 0 Å². The second-order valence-corrected chi connectivity index (χ2v) is 1.000. The fourth-order valence-corrected chi connectivity index (χ4v) is 0. The first kappa shape index (κ1) is 32.5. The number of hydrogen-bond donors (Lipinski definition) is 0. The Morgan fingerprint density at radius 1 is 1.00 bits per heavy atom. The normalized spacial score (nSPS) is 3.75. The molecule has 0 saturated carbocycles. The van der Waals surface area contributed by atoms with Crippen molar-refractivity contribution in [3.63, 3.8) is 0 Å². The van der Waals surface area contributed by atoms with Gasteiger partial charge in [0, 0.05) is 0 Å².